The van der Waals surface area contributed by atoms with Gasteiger partial charge in [0.05, 0.1) is 6.26 Å². The van der Waals surface area contributed by atoms with Gasteiger partial charge in [0.15, 0.2) is 11.5 Å². The molecule has 3 aromatic heterocycles. The Morgan fingerprint density at radius 3 is 2.84 bits per heavy atom. The monoisotopic (exact) mass is 340 g/mol. The number of carbonyl (C=O) groups excluding carboxylic acids is 1. The van der Waals surface area contributed by atoms with Crippen molar-refractivity contribution in [2.45, 2.75) is 18.9 Å². The van der Waals surface area contributed by atoms with Gasteiger partial charge in [-0.1, -0.05) is 5.16 Å². The van der Waals surface area contributed by atoms with E-state index in [-0.39, 0.29) is 17.7 Å². The molecule has 0 aromatic carbocycles. The van der Waals surface area contributed by atoms with E-state index in [1.807, 2.05) is 0 Å². The Hall–Kier alpha value is -3.16. The van der Waals surface area contributed by atoms with E-state index in [1.54, 1.807) is 41.6 Å². The molecule has 128 valence electrons. The van der Waals surface area contributed by atoms with E-state index in [4.69, 9.17) is 13.7 Å². The van der Waals surface area contributed by atoms with Crippen LogP contribution >= 0.6 is 0 Å². The molecule has 4 rings (SSSR count). The molecule has 3 aromatic rings. The smallest absolute Gasteiger partial charge is 0.276 e. The van der Waals surface area contributed by atoms with Crippen molar-refractivity contribution < 1.29 is 18.5 Å². The highest BCUT2D eigenvalue weighted by molar-refractivity contribution is 5.93. The van der Waals surface area contributed by atoms with Crippen molar-refractivity contribution in [3.63, 3.8) is 0 Å². The van der Waals surface area contributed by atoms with Crippen molar-refractivity contribution in [3.8, 4) is 17.4 Å². The summed E-state index contributed by atoms with van der Waals surface area (Å²) in [6.07, 6.45) is 6.14. The molecular formula is C17H16N4O4. The first kappa shape index (κ1) is 15.4. The largest absolute Gasteiger partial charge is 0.474 e. The molecule has 25 heavy (non-hydrogen) atoms. The molecule has 1 fully saturated rings. The fourth-order valence-corrected chi connectivity index (χ4v) is 2.77. The molecule has 1 aliphatic heterocycles. The summed E-state index contributed by atoms with van der Waals surface area (Å²) in [5.41, 5.74) is 0.279. The molecule has 0 radical (unpaired) electrons. The van der Waals surface area contributed by atoms with Gasteiger partial charge >= 0.3 is 0 Å². The summed E-state index contributed by atoms with van der Waals surface area (Å²) < 4.78 is 16.2. The molecule has 1 amide bonds. The zero-order chi connectivity index (χ0) is 17.1. The van der Waals surface area contributed by atoms with Crippen molar-refractivity contribution in [2.75, 3.05) is 13.1 Å². The molecule has 1 aliphatic rings. The third-order valence-corrected chi connectivity index (χ3v) is 4.06. The predicted molar refractivity (Wildman–Crippen MR) is 85.8 cm³/mol. The molecule has 0 saturated carbocycles. The average molecular weight is 340 g/mol. The van der Waals surface area contributed by atoms with Crippen LogP contribution in [0.1, 0.15) is 23.3 Å². The Bertz CT molecular complexity index is 823. The van der Waals surface area contributed by atoms with Gasteiger partial charge in [-0.3, -0.25) is 4.79 Å². The fourth-order valence-electron chi connectivity index (χ4n) is 2.77. The van der Waals surface area contributed by atoms with Crippen LogP contribution in [-0.4, -0.2) is 45.1 Å². The molecule has 0 aliphatic carbocycles. The molecule has 0 bridgehead atoms. The van der Waals surface area contributed by atoms with E-state index in [9.17, 15) is 4.79 Å². The van der Waals surface area contributed by atoms with Gasteiger partial charge in [-0.05, 0) is 12.1 Å². The first-order chi connectivity index (χ1) is 12.3. The number of rotatable bonds is 4. The minimum absolute atomic E-state index is 0.0370. The van der Waals surface area contributed by atoms with E-state index in [1.165, 1.54) is 6.33 Å². The second-order valence-electron chi connectivity index (χ2n) is 5.71. The lowest BCUT2D eigenvalue weighted by Gasteiger charge is -2.31. The van der Waals surface area contributed by atoms with Gasteiger partial charge < -0.3 is 18.6 Å². The maximum absolute atomic E-state index is 12.6. The van der Waals surface area contributed by atoms with Gasteiger partial charge in [0.25, 0.3) is 5.91 Å². The summed E-state index contributed by atoms with van der Waals surface area (Å²) in [6, 6.07) is 6.83. The quantitative estimate of drug-likeness (QED) is 0.719. The van der Waals surface area contributed by atoms with Crippen LogP contribution in [0.4, 0.5) is 0 Å². The van der Waals surface area contributed by atoms with Crippen LogP contribution in [0, 0.1) is 0 Å². The van der Waals surface area contributed by atoms with E-state index in [2.05, 4.69) is 15.1 Å². The third-order valence-electron chi connectivity index (χ3n) is 4.06. The van der Waals surface area contributed by atoms with Crippen LogP contribution in [0.3, 0.4) is 0 Å². The summed E-state index contributed by atoms with van der Waals surface area (Å²) in [7, 11) is 0. The standard InChI is InChI=1S/C17H16N4O4/c22-17(13-10-15(25-20-13)14-2-1-9-23-14)21-7-4-12(5-8-21)24-16-3-6-18-11-19-16/h1-3,6,9-12H,4-5,7-8H2. The minimum atomic E-state index is -0.151. The van der Waals surface area contributed by atoms with Crippen molar-refractivity contribution in [1.82, 2.24) is 20.0 Å². The summed E-state index contributed by atoms with van der Waals surface area (Å²) in [5.74, 6) is 1.39. The lowest BCUT2D eigenvalue weighted by Crippen LogP contribution is -2.42. The van der Waals surface area contributed by atoms with Gasteiger partial charge in [0, 0.05) is 44.3 Å². The molecule has 4 heterocycles. The van der Waals surface area contributed by atoms with Crippen molar-refractivity contribution in [3.05, 3.63) is 48.7 Å². The first-order valence-electron chi connectivity index (χ1n) is 8.02. The number of carbonyl (C=O) groups is 1. The number of amides is 1. The topological polar surface area (TPSA) is 94.5 Å². The zero-order valence-electron chi connectivity index (χ0n) is 13.4. The molecule has 0 spiro atoms. The minimum Gasteiger partial charge on any atom is -0.474 e. The molecular weight excluding hydrogens is 324 g/mol. The summed E-state index contributed by atoms with van der Waals surface area (Å²) in [5, 5.41) is 3.86. The van der Waals surface area contributed by atoms with E-state index >= 15 is 0 Å². The molecule has 0 N–H and O–H groups in total. The van der Waals surface area contributed by atoms with Crippen LogP contribution in [0.5, 0.6) is 5.88 Å². The molecule has 0 atom stereocenters. The van der Waals surface area contributed by atoms with E-state index < -0.39 is 0 Å². The number of likely N-dealkylation sites (tertiary alicyclic amines) is 1. The van der Waals surface area contributed by atoms with Gasteiger partial charge in [0.1, 0.15) is 12.4 Å². The van der Waals surface area contributed by atoms with Crippen molar-refractivity contribution >= 4 is 5.91 Å². The fraction of sp³-hybridized carbons (Fsp3) is 0.294. The highest BCUT2D eigenvalue weighted by atomic mass is 16.5. The van der Waals surface area contributed by atoms with Crippen molar-refractivity contribution in [1.29, 1.82) is 0 Å². The van der Waals surface area contributed by atoms with Crippen LogP contribution in [-0.2, 0) is 0 Å². The predicted octanol–water partition coefficient (Wildman–Crippen LogP) is 2.41. The Labute approximate surface area is 143 Å². The number of aromatic nitrogens is 3. The maximum Gasteiger partial charge on any atom is 0.276 e. The van der Waals surface area contributed by atoms with E-state index in [0.717, 1.165) is 12.8 Å². The number of hydrogen-bond donors (Lipinski definition) is 0. The van der Waals surface area contributed by atoms with Crippen LogP contribution in [0.2, 0.25) is 0 Å². The molecule has 0 unspecified atom stereocenters. The Morgan fingerprint density at radius 2 is 2.12 bits per heavy atom. The van der Waals surface area contributed by atoms with Crippen LogP contribution < -0.4 is 4.74 Å². The summed E-state index contributed by atoms with van der Waals surface area (Å²) >= 11 is 0. The van der Waals surface area contributed by atoms with Gasteiger partial charge in [0.2, 0.25) is 11.6 Å². The second-order valence-corrected chi connectivity index (χ2v) is 5.71. The maximum atomic E-state index is 12.6. The van der Waals surface area contributed by atoms with Crippen LogP contribution in [0.15, 0.2) is 52.0 Å². The molecule has 1 saturated heterocycles. The average Bonchev–Trinajstić information content (AvgIpc) is 3.34. The second kappa shape index (κ2) is 6.76. The van der Waals surface area contributed by atoms with Crippen LogP contribution in [0.25, 0.3) is 11.5 Å². The number of piperidine rings is 1. The SMILES string of the molecule is O=C(c1cc(-c2ccco2)on1)N1CCC(Oc2ccncn2)CC1. The van der Waals surface area contributed by atoms with E-state index in [0.29, 0.717) is 30.5 Å². The van der Waals surface area contributed by atoms with Gasteiger partial charge in [-0.15, -0.1) is 0 Å². The lowest BCUT2D eigenvalue weighted by molar-refractivity contribution is 0.0578. The first-order valence-corrected chi connectivity index (χ1v) is 8.02. The highest BCUT2D eigenvalue weighted by Gasteiger charge is 2.27. The Kier molecular flexibility index (Phi) is 4.16. The number of ether oxygens (including phenoxy) is 1. The van der Waals surface area contributed by atoms with Gasteiger partial charge in [-0.25, -0.2) is 9.97 Å². The lowest BCUT2D eigenvalue weighted by atomic mass is 10.1. The number of furan rings is 1. The van der Waals surface area contributed by atoms with Gasteiger partial charge in [-0.2, -0.15) is 0 Å². The summed E-state index contributed by atoms with van der Waals surface area (Å²) in [6.45, 7) is 1.19. The third kappa shape index (κ3) is 3.37. The zero-order valence-corrected chi connectivity index (χ0v) is 13.4. The molecule has 8 nitrogen and oxygen atoms in total. The highest BCUT2D eigenvalue weighted by Crippen LogP contribution is 2.23. The van der Waals surface area contributed by atoms with Crippen molar-refractivity contribution in [2.24, 2.45) is 0 Å². The Morgan fingerprint density at radius 1 is 1.24 bits per heavy atom. The molecule has 8 heteroatoms. The normalized spacial score (nSPS) is 15.3. The number of nitrogens with zero attached hydrogens (tertiary/aromatic N) is 4. The summed E-state index contributed by atoms with van der Waals surface area (Å²) in [4.78, 5) is 22.2. The number of hydrogen-bond acceptors (Lipinski definition) is 7. The Balaban J connectivity index is 1.35.